The van der Waals surface area contributed by atoms with Crippen molar-refractivity contribution in [3.8, 4) is 0 Å². The van der Waals surface area contributed by atoms with Gasteiger partial charge in [-0.3, -0.25) is 4.31 Å². The second-order valence-corrected chi connectivity index (χ2v) is 5.78. The van der Waals surface area contributed by atoms with Gasteiger partial charge in [0.25, 0.3) is 0 Å². The summed E-state index contributed by atoms with van der Waals surface area (Å²) in [7, 11) is -3.24. The number of sulfonamides is 1. The van der Waals surface area contributed by atoms with E-state index in [1.54, 1.807) is 13.0 Å². The summed E-state index contributed by atoms with van der Waals surface area (Å²) in [6.07, 6.45) is 0. The van der Waals surface area contributed by atoms with Gasteiger partial charge < -0.3 is 5.73 Å². The number of nitrogens with zero attached hydrogens (tertiary/aromatic N) is 1. The summed E-state index contributed by atoms with van der Waals surface area (Å²) in [5.74, 6) is 0.0843. The average molecular weight is 242 g/mol. The lowest BCUT2D eigenvalue weighted by atomic mass is 10.2. The molecule has 0 radical (unpaired) electrons. The van der Waals surface area contributed by atoms with Crippen LogP contribution in [0.15, 0.2) is 24.3 Å². The molecule has 0 aliphatic heterocycles. The quantitative estimate of drug-likeness (QED) is 0.841. The summed E-state index contributed by atoms with van der Waals surface area (Å²) in [6.45, 7) is 4.20. The zero-order chi connectivity index (χ0) is 12.2. The number of hydrogen-bond donors (Lipinski definition) is 1. The van der Waals surface area contributed by atoms with Crippen LogP contribution in [-0.4, -0.2) is 27.3 Å². The van der Waals surface area contributed by atoms with Crippen molar-refractivity contribution in [2.45, 2.75) is 13.8 Å². The van der Waals surface area contributed by atoms with Gasteiger partial charge in [0.1, 0.15) is 0 Å². The van der Waals surface area contributed by atoms with Gasteiger partial charge in [0.15, 0.2) is 0 Å². The molecule has 0 amide bonds. The van der Waals surface area contributed by atoms with Gasteiger partial charge in [0.05, 0.1) is 11.4 Å². The van der Waals surface area contributed by atoms with Crippen LogP contribution in [-0.2, 0) is 10.0 Å². The third kappa shape index (κ3) is 2.96. The monoisotopic (exact) mass is 242 g/mol. The highest BCUT2D eigenvalue weighted by atomic mass is 32.2. The van der Waals surface area contributed by atoms with Crippen LogP contribution >= 0.6 is 0 Å². The number of anilines is 1. The Morgan fingerprint density at radius 2 is 2.06 bits per heavy atom. The van der Waals surface area contributed by atoms with Crippen molar-refractivity contribution in [3.63, 3.8) is 0 Å². The maximum atomic E-state index is 11.9. The molecule has 0 spiro atoms. The third-order valence-electron chi connectivity index (χ3n) is 2.32. The van der Waals surface area contributed by atoms with Crippen LogP contribution < -0.4 is 10.0 Å². The summed E-state index contributed by atoms with van der Waals surface area (Å²) < 4.78 is 25.1. The molecule has 0 aliphatic carbocycles. The molecule has 0 bridgehead atoms. The fourth-order valence-electron chi connectivity index (χ4n) is 1.48. The minimum absolute atomic E-state index is 0.0843. The molecule has 0 fully saturated rings. The molecule has 0 heterocycles. The van der Waals surface area contributed by atoms with E-state index in [9.17, 15) is 8.42 Å². The van der Waals surface area contributed by atoms with Crippen LogP contribution in [0.2, 0.25) is 0 Å². The Kier molecular flexibility index (Phi) is 4.32. The van der Waals surface area contributed by atoms with Crippen LogP contribution in [0.3, 0.4) is 0 Å². The molecule has 1 rings (SSSR count). The number of rotatable bonds is 5. The first-order chi connectivity index (χ1) is 7.51. The second-order valence-electron chi connectivity index (χ2n) is 3.60. The molecule has 16 heavy (non-hydrogen) atoms. The maximum Gasteiger partial charge on any atom is 0.234 e. The van der Waals surface area contributed by atoms with Gasteiger partial charge in [-0.15, -0.1) is 0 Å². The Balaban J connectivity index is 3.13. The van der Waals surface area contributed by atoms with Gasteiger partial charge >= 0.3 is 0 Å². The summed E-state index contributed by atoms with van der Waals surface area (Å²) in [6, 6.07) is 7.42. The Bertz CT molecular complexity index is 443. The summed E-state index contributed by atoms with van der Waals surface area (Å²) >= 11 is 0. The van der Waals surface area contributed by atoms with Crippen molar-refractivity contribution in [1.82, 2.24) is 0 Å². The zero-order valence-corrected chi connectivity index (χ0v) is 10.5. The molecule has 90 valence electrons. The Labute approximate surface area is 97.1 Å². The molecule has 1 aromatic carbocycles. The van der Waals surface area contributed by atoms with Crippen LogP contribution in [0.25, 0.3) is 0 Å². The van der Waals surface area contributed by atoms with E-state index >= 15 is 0 Å². The first-order valence-corrected chi connectivity index (χ1v) is 6.89. The first-order valence-electron chi connectivity index (χ1n) is 5.28. The summed E-state index contributed by atoms with van der Waals surface area (Å²) in [5.41, 5.74) is 7.17. The highest BCUT2D eigenvalue weighted by molar-refractivity contribution is 7.92. The van der Waals surface area contributed by atoms with Crippen molar-refractivity contribution in [3.05, 3.63) is 29.8 Å². The van der Waals surface area contributed by atoms with Gasteiger partial charge in [-0.1, -0.05) is 12.1 Å². The molecule has 0 saturated carbocycles. The van der Waals surface area contributed by atoms with Crippen molar-refractivity contribution < 1.29 is 8.42 Å². The van der Waals surface area contributed by atoms with E-state index in [1.807, 2.05) is 25.1 Å². The minimum atomic E-state index is -3.24. The number of hydrogen-bond acceptors (Lipinski definition) is 3. The fourth-order valence-corrected chi connectivity index (χ4v) is 2.61. The van der Waals surface area contributed by atoms with Crippen molar-refractivity contribution in [2.24, 2.45) is 5.73 Å². The lowest BCUT2D eigenvalue weighted by Gasteiger charge is -2.23. The predicted molar refractivity (Wildman–Crippen MR) is 67.0 cm³/mol. The molecular weight excluding hydrogens is 224 g/mol. The first kappa shape index (κ1) is 13.0. The lowest BCUT2D eigenvalue weighted by Crippen LogP contribution is -2.36. The highest BCUT2D eigenvalue weighted by Crippen LogP contribution is 2.19. The van der Waals surface area contributed by atoms with Crippen LogP contribution in [0.4, 0.5) is 5.69 Å². The molecule has 1 aromatic rings. The number of benzene rings is 1. The predicted octanol–water partition coefficient (Wildman–Crippen LogP) is 1.11. The van der Waals surface area contributed by atoms with E-state index in [0.29, 0.717) is 18.8 Å². The van der Waals surface area contributed by atoms with E-state index < -0.39 is 10.0 Å². The SMILES string of the molecule is CCS(=O)(=O)N(CCN)c1cccc(C)c1. The van der Waals surface area contributed by atoms with E-state index in [2.05, 4.69) is 0 Å². The van der Waals surface area contributed by atoms with E-state index in [4.69, 9.17) is 5.73 Å². The topological polar surface area (TPSA) is 63.4 Å². The van der Waals surface area contributed by atoms with Gasteiger partial charge in [0, 0.05) is 13.1 Å². The number of nitrogens with two attached hydrogens (primary N) is 1. The molecule has 0 unspecified atom stereocenters. The molecule has 2 N–H and O–H groups in total. The van der Waals surface area contributed by atoms with Crippen molar-refractivity contribution in [2.75, 3.05) is 23.1 Å². The van der Waals surface area contributed by atoms with Crippen molar-refractivity contribution >= 4 is 15.7 Å². The van der Waals surface area contributed by atoms with Gasteiger partial charge in [-0.05, 0) is 31.5 Å². The summed E-state index contributed by atoms with van der Waals surface area (Å²) in [4.78, 5) is 0. The van der Waals surface area contributed by atoms with Crippen LogP contribution in [0, 0.1) is 6.92 Å². The third-order valence-corrected chi connectivity index (χ3v) is 4.12. The zero-order valence-electron chi connectivity index (χ0n) is 9.68. The largest absolute Gasteiger partial charge is 0.329 e. The molecule has 0 aliphatic rings. The van der Waals surface area contributed by atoms with Crippen LogP contribution in [0.5, 0.6) is 0 Å². The Hall–Kier alpha value is -1.07. The molecule has 0 saturated heterocycles. The Morgan fingerprint density at radius 3 is 2.56 bits per heavy atom. The molecule has 0 aromatic heterocycles. The lowest BCUT2D eigenvalue weighted by molar-refractivity contribution is 0.592. The molecule has 0 atom stereocenters. The van der Waals surface area contributed by atoms with E-state index in [-0.39, 0.29) is 5.75 Å². The van der Waals surface area contributed by atoms with Gasteiger partial charge in [-0.2, -0.15) is 0 Å². The van der Waals surface area contributed by atoms with Gasteiger partial charge in [0.2, 0.25) is 10.0 Å². The van der Waals surface area contributed by atoms with Crippen LogP contribution in [0.1, 0.15) is 12.5 Å². The number of aryl methyl sites for hydroxylation is 1. The van der Waals surface area contributed by atoms with Crippen molar-refractivity contribution in [1.29, 1.82) is 0 Å². The maximum absolute atomic E-state index is 11.9. The smallest absolute Gasteiger partial charge is 0.234 e. The second kappa shape index (κ2) is 5.32. The minimum Gasteiger partial charge on any atom is -0.329 e. The molecule has 5 heteroatoms. The summed E-state index contributed by atoms with van der Waals surface area (Å²) in [5, 5.41) is 0. The molecular formula is C11H18N2O2S. The van der Waals surface area contributed by atoms with E-state index in [0.717, 1.165) is 5.56 Å². The van der Waals surface area contributed by atoms with Gasteiger partial charge in [-0.25, -0.2) is 8.42 Å². The molecule has 4 nitrogen and oxygen atoms in total. The fraction of sp³-hybridized carbons (Fsp3) is 0.455. The normalized spacial score (nSPS) is 11.4. The highest BCUT2D eigenvalue weighted by Gasteiger charge is 2.19. The average Bonchev–Trinajstić information content (AvgIpc) is 2.25. The van der Waals surface area contributed by atoms with E-state index in [1.165, 1.54) is 4.31 Å². The standard InChI is InChI=1S/C11H18N2O2S/c1-3-16(14,15)13(8-7-12)11-6-4-5-10(2)9-11/h4-6,9H,3,7-8,12H2,1-2H3. The Morgan fingerprint density at radius 1 is 1.38 bits per heavy atom.